The first-order valence-electron chi connectivity index (χ1n) is 6.89. The summed E-state index contributed by atoms with van der Waals surface area (Å²) in [6, 6.07) is 11.1. The van der Waals surface area contributed by atoms with Crippen LogP contribution in [0.3, 0.4) is 0 Å². The highest BCUT2D eigenvalue weighted by atomic mass is 32.2. The highest BCUT2D eigenvalue weighted by Gasteiger charge is 2.19. The van der Waals surface area contributed by atoms with Crippen molar-refractivity contribution in [3.05, 3.63) is 59.4 Å². The van der Waals surface area contributed by atoms with Gasteiger partial charge in [-0.15, -0.1) is 0 Å². The molecule has 0 aliphatic carbocycles. The first-order chi connectivity index (χ1) is 10.1. The second-order valence-corrected chi connectivity index (χ2v) is 7.19. The van der Waals surface area contributed by atoms with Gasteiger partial charge in [0.05, 0.1) is 10.6 Å². The Morgan fingerprint density at radius 2 is 1.95 bits per heavy atom. The van der Waals surface area contributed by atoms with Crippen molar-refractivity contribution < 1.29 is 12.8 Å². The fourth-order valence-electron chi connectivity index (χ4n) is 2.55. The van der Waals surface area contributed by atoms with Gasteiger partial charge in [0.2, 0.25) is 0 Å². The maximum atomic E-state index is 13.6. The molecule has 0 atom stereocenters. The van der Waals surface area contributed by atoms with E-state index in [1.54, 1.807) is 30.3 Å². The predicted octanol–water partition coefficient (Wildman–Crippen LogP) is 3.16. The van der Waals surface area contributed by atoms with Gasteiger partial charge < -0.3 is 5.32 Å². The summed E-state index contributed by atoms with van der Waals surface area (Å²) in [5, 5.41) is 3.25. The molecule has 0 radical (unpaired) electrons. The highest BCUT2D eigenvalue weighted by molar-refractivity contribution is 7.90. The molecule has 0 spiro atoms. The summed E-state index contributed by atoms with van der Waals surface area (Å²) < 4.78 is 38.5. The molecular formula is C16H16FNO2S. The number of nitrogens with one attached hydrogen (secondary N) is 1. The van der Waals surface area contributed by atoms with Gasteiger partial charge in [0.15, 0.2) is 9.84 Å². The summed E-state index contributed by atoms with van der Waals surface area (Å²) in [5.41, 5.74) is 2.20. The summed E-state index contributed by atoms with van der Waals surface area (Å²) in [4.78, 5) is 0.258. The van der Waals surface area contributed by atoms with Crippen LogP contribution in [0.15, 0.2) is 47.4 Å². The molecule has 3 nitrogen and oxygen atoms in total. The van der Waals surface area contributed by atoms with Crippen LogP contribution in [0.1, 0.15) is 17.5 Å². The van der Waals surface area contributed by atoms with Crippen LogP contribution in [0.5, 0.6) is 0 Å². The van der Waals surface area contributed by atoms with Crippen LogP contribution in [-0.4, -0.2) is 15.0 Å². The molecule has 1 heterocycles. The number of hydrogen-bond donors (Lipinski definition) is 1. The van der Waals surface area contributed by atoms with E-state index in [0.717, 1.165) is 30.6 Å². The Morgan fingerprint density at radius 1 is 1.14 bits per heavy atom. The van der Waals surface area contributed by atoms with Gasteiger partial charge in [0.25, 0.3) is 0 Å². The van der Waals surface area contributed by atoms with Crippen LogP contribution in [-0.2, 0) is 22.0 Å². The second kappa shape index (κ2) is 5.48. The van der Waals surface area contributed by atoms with Gasteiger partial charge in [-0.3, -0.25) is 0 Å². The van der Waals surface area contributed by atoms with E-state index in [-0.39, 0.29) is 16.2 Å². The summed E-state index contributed by atoms with van der Waals surface area (Å²) in [5.74, 6) is -0.799. The molecule has 0 aromatic heterocycles. The Bertz CT molecular complexity index is 772. The molecule has 0 unspecified atom stereocenters. The number of benzene rings is 2. The molecule has 0 saturated heterocycles. The van der Waals surface area contributed by atoms with Crippen molar-refractivity contribution in [3.8, 4) is 0 Å². The first kappa shape index (κ1) is 14.1. The maximum absolute atomic E-state index is 13.6. The van der Waals surface area contributed by atoms with Gasteiger partial charge >= 0.3 is 0 Å². The lowest BCUT2D eigenvalue weighted by Gasteiger charge is -2.18. The molecule has 0 saturated carbocycles. The van der Waals surface area contributed by atoms with Crippen LogP contribution >= 0.6 is 0 Å². The van der Waals surface area contributed by atoms with Crippen LogP contribution in [0.4, 0.5) is 10.1 Å². The average molecular weight is 305 g/mol. The minimum Gasteiger partial charge on any atom is -0.385 e. The molecule has 21 heavy (non-hydrogen) atoms. The van der Waals surface area contributed by atoms with Gasteiger partial charge in [-0.05, 0) is 42.7 Å². The van der Waals surface area contributed by atoms with Gasteiger partial charge in [0, 0.05) is 17.8 Å². The number of halogens is 1. The molecule has 0 amide bonds. The molecular weight excluding hydrogens is 289 g/mol. The van der Waals surface area contributed by atoms with Crippen molar-refractivity contribution in [2.75, 3.05) is 11.9 Å². The zero-order valence-corrected chi connectivity index (χ0v) is 12.3. The van der Waals surface area contributed by atoms with Crippen molar-refractivity contribution in [3.63, 3.8) is 0 Å². The Kier molecular flexibility index (Phi) is 3.68. The van der Waals surface area contributed by atoms with Crippen LogP contribution in [0.2, 0.25) is 0 Å². The lowest BCUT2D eigenvalue weighted by atomic mass is 10.0. The number of sulfone groups is 1. The number of aryl methyl sites for hydroxylation is 1. The predicted molar refractivity (Wildman–Crippen MR) is 80.5 cm³/mol. The van der Waals surface area contributed by atoms with E-state index >= 15 is 0 Å². The highest BCUT2D eigenvalue weighted by Crippen LogP contribution is 2.26. The number of anilines is 1. The quantitative estimate of drug-likeness (QED) is 0.947. The van der Waals surface area contributed by atoms with Crippen LogP contribution < -0.4 is 5.32 Å². The zero-order chi connectivity index (χ0) is 14.9. The second-order valence-electron chi connectivity index (χ2n) is 5.20. The summed E-state index contributed by atoms with van der Waals surface area (Å²) in [6.45, 7) is 0.911. The Labute approximate surface area is 123 Å². The fraction of sp³-hybridized carbons (Fsp3) is 0.250. The van der Waals surface area contributed by atoms with Crippen molar-refractivity contribution in [2.45, 2.75) is 23.5 Å². The largest absolute Gasteiger partial charge is 0.385 e. The van der Waals surface area contributed by atoms with E-state index in [1.807, 2.05) is 0 Å². The third-order valence-corrected chi connectivity index (χ3v) is 5.34. The third kappa shape index (κ3) is 2.93. The van der Waals surface area contributed by atoms with E-state index in [0.29, 0.717) is 0 Å². The average Bonchev–Trinajstić information content (AvgIpc) is 2.49. The van der Waals surface area contributed by atoms with E-state index in [2.05, 4.69) is 5.32 Å². The Hall–Kier alpha value is -1.88. The number of fused-ring (bicyclic) bond motifs is 1. The van der Waals surface area contributed by atoms with Gasteiger partial charge in [-0.25, -0.2) is 12.8 Å². The van der Waals surface area contributed by atoms with Gasteiger partial charge in [-0.2, -0.15) is 0 Å². The number of hydrogen-bond acceptors (Lipinski definition) is 3. The summed E-state index contributed by atoms with van der Waals surface area (Å²) in [6.07, 6.45) is 1.86. The lowest BCUT2D eigenvalue weighted by molar-refractivity contribution is 0.587. The Morgan fingerprint density at radius 3 is 2.76 bits per heavy atom. The van der Waals surface area contributed by atoms with Crippen molar-refractivity contribution in [2.24, 2.45) is 0 Å². The normalized spacial score (nSPS) is 14.3. The van der Waals surface area contributed by atoms with Crippen molar-refractivity contribution >= 4 is 15.5 Å². The van der Waals surface area contributed by atoms with Crippen LogP contribution in [0, 0.1) is 5.82 Å². The third-order valence-electron chi connectivity index (χ3n) is 3.68. The monoisotopic (exact) mass is 305 g/mol. The molecule has 1 N–H and O–H groups in total. The Balaban J connectivity index is 1.93. The minimum atomic E-state index is -3.54. The smallest absolute Gasteiger partial charge is 0.182 e. The molecule has 3 rings (SSSR count). The molecule has 5 heteroatoms. The fourth-order valence-corrected chi connectivity index (χ4v) is 3.96. The molecule has 1 aliphatic heterocycles. The topological polar surface area (TPSA) is 46.2 Å². The first-order valence-corrected chi connectivity index (χ1v) is 8.54. The zero-order valence-electron chi connectivity index (χ0n) is 11.5. The summed E-state index contributed by atoms with van der Waals surface area (Å²) >= 11 is 0. The molecule has 0 fully saturated rings. The molecule has 2 aromatic carbocycles. The molecule has 2 aromatic rings. The van der Waals surface area contributed by atoms with E-state index < -0.39 is 15.7 Å². The van der Waals surface area contributed by atoms with E-state index in [9.17, 15) is 12.8 Å². The van der Waals surface area contributed by atoms with Crippen LogP contribution in [0.25, 0.3) is 0 Å². The maximum Gasteiger partial charge on any atom is 0.182 e. The van der Waals surface area contributed by atoms with Crippen molar-refractivity contribution in [1.29, 1.82) is 0 Å². The van der Waals surface area contributed by atoms with Gasteiger partial charge in [-0.1, -0.05) is 18.2 Å². The number of rotatable bonds is 3. The molecule has 0 bridgehead atoms. The van der Waals surface area contributed by atoms with Gasteiger partial charge in [0.1, 0.15) is 5.82 Å². The van der Waals surface area contributed by atoms with E-state index in [1.165, 1.54) is 12.1 Å². The standard InChI is InChI=1S/C16H16FNO2S/c17-15-6-2-1-4-13(15)11-21(19,20)14-7-8-16-12(10-14)5-3-9-18-16/h1-2,4,6-8,10,18H,3,5,9,11H2. The molecule has 1 aliphatic rings. The minimum absolute atomic E-state index is 0.202. The summed E-state index contributed by atoms with van der Waals surface area (Å²) in [7, 11) is -3.54. The van der Waals surface area contributed by atoms with E-state index in [4.69, 9.17) is 0 Å². The van der Waals surface area contributed by atoms with Crippen molar-refractivity contribution in [1.82, 2.24) is 0 Å². The lowest BCUT2D eigenvalue weighted by Crippen LogP contribution is -2.13. The molecule has 110 valence electrons. The SMILES string of the molecule is O=S(=O)(Cc1ccccc1F)c1ccc2c(c1)CCCN2.